The average Bonchev–Trinajstić information content (AvgIpc) is 2.63. The summed E-state index contributed by atoms with van der Waals surface area (Å²) in [6.07, 6.45) is 7.30. The first kappa shape index (κ1) is 14.6. The van der Waals surface area contributed by atoms with Gasteiger partial charge >= 0.3 is 0 Å². The van der Waals surface area contributed by atoms with Crippen LogP contribution in [-0.4, -0.2) is 26.5 Å². The number of nitriles is 1. The van der Waals surface area contributed by atoms with Crippen molar-refractivity contribution >= 4 is 5.82 Å². The molecule has 0 aliphatic carbocycles. The van der Waals surface area contributed by atoms with Crippen molar-refractivity contribution in [3.05, 3.63) is 55.1 Å². The normalized spacial score (nSPS) is 10.0. The van der Waals surface area contributed by atoms with Crippen LogP contribution in [0.2, 0.25) is 0 Å². The molecule has 0 aliphatic rings. The van der Waals surface area contributed by atoms with Crippen LogP contribution in [-0.2, 0) is 0 Å². The van der Waals surface area contributed by atoms with Crippen LogP contribution >= 0.6 is 0 Å². The Kier molecular flexibility index (Phi) is 4.50. The summed E-state index contributed by atoms with van der Waals surface area (Å²) in [7, 11) is 0. The fourth-order valence-corrected chi connectivity index (χ4v) is 2.08. The second kappa shape index (κ2) is 7.09. The number of nitrogens with one attached hydrogen (secondary N) is 1. The van der Waals surface area contributed by atoms with Crippen LogP contribution < -0.4 is 5.32 Å². The summed E-state index contributed by atoms with van der Waals surface area (Å²) in [5.74, 6) is 1.27. The van der Waals surface area contributed by atoms with E-state index in [-0.39, 0.29) is 0 Å². The molecule has 112 valence electrons. The molecule has 0 saturated heterocycles. The number of aromatic nitrogens is 4. The van der Waals surface area contributed by atoms with Crippen LogP contribution in [0.4, 0.5) is 5.82 Å². The molecule has 23 heavy (non-hydrogen) atoms. The third-order valence-corrected chi connectivity index (χ3v) is 3.16. The third-order valence-electron chi connectivity index (χ3n) is 3.16. The van der Waals surface area contributed by atoms with Crippen LogP contribution in [0.3, 0.4) is 0 Å². The summed E-state index contributed by atoms with van der Waals surface area (Å²) in [5.41, 5.74) is 2.59. The summed E-state index contributed by atoms with van der Waals surface area (Å²) < 4.78 is 0. The van der Waals surface area contributed by atoms with Crippen molar-refractivity contribution in [1.29, 1.82) is 5.26 Å². The van der Waals surface area contributed by atoms with Crippen molar-refractivity contribution in [2.75, 3.05) is 11.9 Å². The van der Waals surface area contributed by atoms with Gasteiger partial charge < -0.3 is 5.32 Å². The van der Waals surface area contributed by atoms with Crippen molar-refractivity contribution < 1.29 is 0 Å². The van der Waals surface area contributed by atoms with Crippen LogP contribution in [0.5, 0.6) is 0 Å². The minimum Gasteiger partial charge on any atom is -0.369 e. The zero-order valence-electron chi connectivity index (χ0n) is 12.3. The van der Waals surface area contributed by atoms with Crippen LogP contribution in [0.15, 0.2) is 55.1 Å². The van der Waals surface area contributed by atoms with Gasteiger partial charge in [0.25, 0.3) is 0 Å². The summed E-state index contributed by atoms with van der Waals surface area (Å²) in [4.78, 5) is 17.3. The molecule has 1 N–H and O–H groups in total. The van der Waals surface area contributed by atoms with Crippen molar-refractivity contribution in [1.82, 2.24) is 19.9 Å². The van der Waals surface area contributed by atoms with E-state index in [9.17, 15) is 0 Å². The Morgan fingerprint density at radius 1 is 1.00 bits per heavy atom. The van der Waals surface area contributed by atoms with E-state index in [1.54, 1.807) is 24.8 Å². The van der Waals surface area contributed by atoms with Gasteiger partial charge in [0.15, 0.2) is 5.82 Å². The minimum absolute atomic E-state index is 0.414. The highest BCUT2D eigenvalue weighted by molar-refractivity contribution is 5.66. The standard InChI is InChI=1S/C17H14N6/c18-6-2-8-21-16-11-15(13-4-9-19-10-5-13)22-17(23-16)14-3-1-7-20-12-14/h1,3-5,7,9-12H,2,8H2,(H,21,22,23). The van der Waals surface area contributed by atoms with Gasteiger partial charge in [0.05, 0.1) is 18.2 Å². The lowest BCUT2D eigenvalue weighted by Gasteiger charge is -2.09. The number of rotatable bonds is 5. The Hall–Kier alpha value is -3.33. The number of anilines is 1. The first-order chi connectivity index (χ1) is 11.4. The predicted octanol–water partition coefficient (Wildman–Crippen LogP) is 2.93. The quantitative estimate of drug-likeness (QED) is 0.729. The molecule has 3 aromatic rings. The minimum atomic E-state index is 0.414. The molecular weight excluding hydrogens is 288 g/mol. The summed E-state index contributed by atoms with van der Waals surface area (Å²) in [6.45, 7) is 0.537. The Morgan fingerprint density at radius 2 is 1.87 bits per heavy atom. The lowest BCUT2D eigenvalue weighted by molar-refractivity contribution is 1.04. The molecular formula is C17H14N6. The van der Waals surface area contributed by atoms with E-state index in [0.29, 0.717) is 24.6 Å². The van der Waals surface area contributed by atoms with E-state index in [0.717, 1.165) is 16.8 Å². The molecule has 0 fully saturated rings. The second-order valence-corrected chi connectivity index (χ2v) is 4.77. The average molecular weight is 302 g/mol. The molecule has 0 unspecified atom stereocenters. The number of pyridine rings is 2. The molecule has 3 rings (SSSR count). The first-order valence-corrected chi connectivity index (χ1v) is 7.17. The second-order valence-electron chi connectivity index (χ2n) is 4.77. The first-order valence-electron chi connectivity index (χ1n) is 7.17. The number of hydrogen-bond donors (Lipinski definition) is 1. The van der Waals surface area contributed by atoms with Crippen molar-refractivity contribution in [2.24, 2.45) is 0 Å². The van der Waals surface area contributed by atoms with E-state index in [1.807, 2.05) is 30.3 Å². The van der Waals surface area contributed by atoms with Crippen molar-refractivity contribution in [3.63, 3.8) is 0 Å². The van der Waals surface area contributed by atoms with E-state index < -0.39 is 0 Å². The van der Waals surface area contributed by atoms with Gasteiger partial charge in [-0.2, -0.15) is 5.26 Å². The fraction of sp³-hybridized carbons (Fsp3) is 0.118. The van der Waals surface area contributed by atoms with Crippen LogP contribution in [0.1, 0.15) is 6.42 Å². The number of nitrogens with zero attached hydrogens (tertiary/aromatic N) is 5. The zero-order valence-corrected chi connectivity index (χ0v) is 12.3. The van der Waals surface area contributed by atoms with E-state index >= 15 is 0 Å². The molecule has 3 heterocycles. The summed E-state index contributed by atoms with van der Waals surface area (Å²) in [5, 5.41) is 11.8. The molecule has 0 amide bonds. The monoisotopic (exact) mass is 302 g/mol. The van der Waals surface area contributed by atoms with Crippen molar-refractivity contribution in [2.45, 2.75) is 6.42 Å². The van der Waals surface area contributed by atoms with E-state index in [1.165, 1.54) is 0 Å². The largest absolute Gasteiger partial charge is 0.369 e. The molecule has 6 nitrogen and oxygen atoms in total. The highest BCUT2D eigenvalue weighted by atomic mass is 15.0. The Labute approximate surface area is 133 Å². The Bertz CT molecular complexity index is 754. The van der Waals surface area contributed by atoms with Gasteiger partial charge in [-0.1, -0.05) is 0 Å². The lowest BCUT2D eigenvalue weighted by Crippen LogP contribution is -2.05. The van der Waals surface area contributed by atoms with E-state index in [4.69, 9.17) is 5.26 Å². The van der Waals surface area contributed by atoms with Gasteiger partial charge in [0.2, 0.25) is 0 Å². The van der Waals surface area contributed by atoms with Gasteiger partial charge in [-0.05, 0) is 24.3 Å². The molecule has 0 bridgehead atoms. The van der Waals surface area contributed by atoms with Crippen LogP contribution in [0.25, 0.3) is 22.6 Å². The molecule has 0 spiro atoms. The van der Waals surface area contributed by atoms with Gasteiger partial charge in [-0.25, -0.2) is 9.97 Å². The molecule has 6 heteroatoms. The molecule has 3 aromatic heterocycles. The van der Waals surface area contributed by atoms with Crippen molar-refractivity contribution in [3.8, 4) is 28.7 Å². The summed E-state index contributed by atoms with van der Waals surface area (Å²) in [6, 6.07) is 11.5. The number of hydrogen-bond acceptors (Lipinski definition) is 6. The molecule has 0 saturated carbocycles. The van der Waals surface area contributed by atoms with Gasteiger partial charge in [-0.3, -0.25) is 9.97 Å². The lowest BCUT2D eigenvalue weighted by atomic mass is 10.1. The molecule has 0 aliphatic heterocycles. The highest BCUT2D eigenvalue weighted by Gasteiger charge is 2.08. The van der Waals surface area contributed by atoms with E-state index in [2.05, 4.69) is 31.3 Å². The third kappa shape index (κ3) is 3.66. The smallest absolute Gasteiger partial charge is 0.163 e. The topological polar surface area (TPSA) is 87.4 Å². The highest BCUT2D eigenvalue weighted by Crippen LogP contribution is 2.23. The van der Waals surface area contributed by atoms with Gasteiger partial charge in [0, 0.05) is 48.5 Å². The van der Waals surface area contributed by atoms with Crippen LogP contribution in [0, 0.1) is 11.3 Å². The maximum atomic E-state index is 8.67. The summed E-state index contributed by atoms with van der Waals surface area (Å²) >= 11 is 0. The van der Waals surface area contributed by atoms with Gasteiger partial charge in [0.1, 0.15) is 5.82 Å². The Balaban J connectivity index is 2.02. The zero-order chi connectivity index (χ0) is 15.9. The maximum Gasteiger partial charge on any atom is 0.163 e. The SMILES string of the molecule is N#CCCNc1cc(-c2ccncc2)nc(-c2cccnc2)n1. The van der Waals surface area contributed by atoms with Gasteiger partial charge in [-0.15, -0.1) is 0 Å². The Morgan fingerprint density at radius 3 is 2.61 bits per heavy atom. The predicted molar refractivity (Wildman–Crippen MR) is 87.2 cm³/mol. The molecule has 0 radical (unpaired) electrons. The molecule has 0 atom stereocenters. The fourth-order valence-electron chi connectivity index (χ4n) is 2.08. The molecule has 0 aromatic carbocycles. The maximum absolute atomic E-state index is 8.67.